The van der Waals surface area contributed by atoms with Crippen molar-refractivity contribution in [2.45, 2.75) is 11.8 Å². The molecule has 3 rings (SSSR count). The van der Waals surface area contributed by atoms with E-state index in [0.29, 0.717) is 0 Å². The average Bonchev–Trinajstić information content (AvgIpc) is 2.78. The van der Waals surface area contributed by atoms with Gasteiger partial charge in [0, 0.05) is 9.15 Å². The average molecular weight is 432 g/mol. The molecule has 1 aromatic carbocycles. The monoisotopic (exact) mass is 432 g/mol. The fraction of sp³-hybridized carbons (Fsp3) is 0.125. The summed E-state index contributed by atoms with van der Waals surface area (Å²) < 4.78 is 45.6. The minimum atomic E-state index is -4.86. The molecule has 3 nitrogen and oxygen atoms in total. The molecule has 0 amide bonds. The molecule has 0 bridgehead atoms. The zero-order chi connectivity index (χ0) is 16.8. The van der Waals surface area contributed by atoms with Crippen LogP contribution in [0, 0.1) is 0 Å². The Balaban J connectivity index is 2.34. The molecular weight excluding hydrogens is 424 g/mol. The predicted molar refractivity (Wildman–Crippen MR) is 84.5 cm³/mol. The van der Waals surface area contributed by atoms with Crippen molar-refractivity contribution in [2.24, 2.45) is 0 Å². The lowest BCUT2D eigenvalue weighted by Crippen LogP contribution is -2.32. The molecule has 1 aliphatic heterocycles. The summed E-state index contributed by atoms with van der Waals surface area (Å²) in [5, 5.41) is 0. The smallest absolute Gasteiger partial charge is 0.423 e. The molecule has 0 fully saturated rings. The molecule has 0 unspecified atom stereocenters. The maximum Gasteiger partial charge on any atom is 0.423 e. The Morgan fingerprint density at radius 3 is 2.30 bits per heavy atom. The summed E-state index contributed by atoms with van der Waals surface area (Å²) >= 11 is 1.73. The van der Waals surface area contributed by atoms with E-state index in [0.717, 1.165) is 12.2 Å². The van der Waals surface area contributed by atoms with Crippen molar-refractivity contribution >= 4 is 39.9 Å². The number of ketones is 1. The molecule has 2 aliphatic rings. The van der Waals surface area contributed by atoms with E-state index >= 15 is 0 Å². The van der Waals surface area contributed by atoms with E-state index in [4.69, 9.17) is 4.74 Å². The van der Waals surface area contributed by atoms with Gasteiger partial charge in [0.2, 0.25) is 0 Å². The van der Waals surface area contributed by atoms with E-state index in [-0.39, 0.29) is 20.5 Å². The van der Waals surface area contributed by atoms with Gasteiger partial charge >= 0.3 is 12.1 Å². The SMILES string of the molecule is O=C1C=C[C@]2(OC(=O)C(C(F)(F)F)=C2c2ccccc2)C(I)=C1. The summed E-state index contributed by atoms with van der Waals surface area (Å²) in [4.78, 5) is 23.4. The molecule has 118 valence electrons. The molecule has 1 heterocycles. The standard InChI is InChI=1S/C16H8F3IO3/c17-16(18,19)13-12(9-4-2-1-3-5-9)15(23-14(13)22)7-6-10(21)8-11(15)20/h1-8H/t15-/m0/s1. The first kappa shape index (κ1) is 16.0. The Labute approximate surface area is 142 Å². The van der Waals surface area contributed by atoms with Gasteiger partial charge in [0.25, 0.3) is 0 Å². The Kier molecular flexibility index (Phi) is 3.70. The van der Waals surface area contributed by atoms with Gasteiger partial charge < -0.3 is 4.74 Å². The lowest BCUT2D eigenvalue weighted by Gasteiger charge is -2.29. The van der Waals surface area contributed by atoms with Crippen LogP contribution in [0.4, 0.5) is 13.2 Å². The minimum Gasteiger partial charge on any atom is -0.441 e. The molecule has 0 saturated heterocycles. The topological polar surface area (TPSA) is 43.4 Å². The summed E-state index contributed by atoms with van der Waals surface area (Å²) in [6.45, 7) is 0. The van der Waals surface area contributed by atoms with Gasteiger partial charge in [-0.1, -0.05) is 30.3 Å². The van der Waals surface area contributed by atoms with Gasteiger partial charge in [0.05, 0.1) is 0 Å². The van der Waals surface area contributed by atoms with Crippen molar-refractivity contribution in [3.63, 3.8) is 0 Å². The van der Waals surface area contributed by atoms with Crippen LogP contribution in [0.2, 0.25) is 0 Å². The number of benzene rings is 1. The number of allylic oxidation sites excluding steroid dienone is 2. The Hall–Kier alpha value is -1.90. The molecule has 0 aromatic heterocycles. The summed E-state index contributed by atoms with van der Waals surface area (Å²) in [5.74, 6) is -1.82. The highest BCUT2D eigenvalue weighted by molar-refractivity contribution is 14.1. The van der Waals surface area contributed by atoms with Crippen LogP contribution in [-0.2, 0) is 14.3 Å². The molecular formula is C16H8F3IO3. The second kappa shape index (κ2) is 5.33. The van der Waals surface area contributed by atoms with Crippen molar-refractivity contribution in [3.8, 4) is 0 Å². The maximum atomic E-state index is 13.4. The second-order valence-corrected chi connectivity index (χ2v) is 6.13. The van der Waals surface area contributed by atoms with Crippen molar-refractivity contribution in [1.82, 2.24) is 0 Å². The summed E-state index contributed by atoms with van der Waals surface area (Å²) in [5.41, 5.74) is -3.13. The zero-order valence-corrected chi connectivity index (χ0v) is 13.5. The first-order chi connectivity index (χ1) is 10.8. The molecule has 1 aliphatic carbocycles. The number of ether oxygens (including phenoxy) is 1. The fourth-order valence-electron chi connectivity index (χ4n) is 2.60. The summed E-state index contributed by atoms with van der Waals surface area (Å²) in [6.07, 6.45) is -1.39. The fourth-order valence-corrected chi connectivity index (χ4v) is 3.47. The van der Waals surface area contributed by atoms with Gasteiger partial charge in [-0.05, 0) is 46.4 Å². The number of alkyl halides is 3. The second-order valence-electron chi connectivity index (χ2n) is 4.97. The molecule has 1 spiro atoms. The highest BCUT2D eigenvalue weighted by Gasteiger charge is 2.57. The van der Waals surface area contributed by atoms with Crippen LogP contribution in [-0.4, -0.2) is 23.5 Å². The van der Waals surface area contributed by atoms with Gasteiger partial charge in [0.1, 0.15) is 5.57 Å². The van der Waals surface area contributed by atoms with Crippen LogP contribution in [0.1, 0.15) is 5.56 Å². The highest BCUT2D eigenvalue weighted by Crippen LogP contribution is 2.52. The number of carbonyl (C=O) groups is 2. The number of rotatable bonds is 1. The predicted octanol–water partition coefficient (Wildman–Crippen LogP) is 3.76. The largest absolute Gasteiger partial charge is 0.441 e. The quantitative estimate of drug-likeness (QED) is 0.502. The van der Waals surface area contributed by atoms with E-state index in [1.165, 1.54) is 18.2 Å². The van der Waals surface area contributed by atoms with E-state index < -0.39 is 23.3 Å². The van der Waals surface area contributed by atoms with Crippen molar-refractivity contribution < 1.29 is 27.5 Å². The number of carbonyl (C=O) groups excluding carboxylic acids is 2. The maximum absolute atomic E-state index is 13.4. The minimum absolute atomic E-state index is 0.203. The van der Waals surface area contributed by atoms with Crippen LogP contribution < -0.4 is 0 Å². The number of esters is 1. The molecule has 1 atom stereocenters. The normalized spacial score (nSPS) is 24.3. The highest BCUT2D eigenvalue weighted by atomic mass is 127. The van der Waals surface area contributed by atoms with Gasteiger partial charge in [-0.2, -0.15) is 13.2 Å². The zero-order valence-electron chi connectivity index (χ0n) is 11.4. The van der Waals surface area contributed by atoms with E-state index in [9.17, 15) is 22.8 Å². The van der Waals surface area contributed by atoms with Crippen LogP contribution in [0.5, 0.6) is 0 Å². The van der Waals surface area contributed by atoms with Crippen molar-refractivity contribution in [1.29, 1.82) is 0 Å². The first-order valence-electron chi connectivity index (χ1n) is 6.47. The van der Waals surface area contributed by atoms with Gasteiger partial charge in [-0.15, -0.1) is 0 Å². The summed E-state index contributed by atoms with van der Waals surface area (Å²) in [6, 6.07) is 7.74. The van der Waals surface area contributed by atoms with Crippen LogP contribution in [0.25, 0.3) is 5.57 Å². The van der Waals surface area contributed by atoms with Crippen LogP contribution >= 0.6 is 22.6 Å². The first-order valence-corrected chi connectivity index (χ1v) is 7.55. The van der Waals surface area contributed by atoms with Crippen LogP contribution in [0.15, 0.2) is 57.7 Å². The molecule has 1 aromatic rings. The van der Waals surface area contributed by atoms with Crippen LogP contribution in [0.3, 0.4) is 0 Å². The Morgan fingerprint density at radius 2 is 1.74 bits per heavy atom. The third-order valence-corrected chi connectivity index (χ3v) is 4.64. The molecule has 0 saturated carbocycles. The van der Waals surface area contributed by atoms with E-state index in [2.05, 4.69) is 0 Å². The lowest BCUT2D eigenvalue weighted by molar-refractivity contribution is -0.150. The number of halogens is 4. The van der Waals surface area contributed by atoms with Crippen molar-refractivity contribution in [2.75, 3.05) is 0 Å². The lowest BCUT2D eigenvalue weighted by atomic mass is 9.83. The Morgan fingerprint density at radius 1 is 1.09 bits per heavy atom. The Bertz CT molecular complexity index is 791. The summed E-state index contributed by atoms with van der Waals surface area (Å²) in [7, 11) is 0. The third kappa shape index (κ3) is 2.52. The van der Waals surface area contributed by atoms with E-state index in [1.54, 1.807) is 40.8 Å². The number of hydrogen-bond donors (Lipinski definition) is 0. The molecule has 0 N–H and O–H groups in total. The van der Waals surface area contributed by atoms with E-state index in [1.807, 2.05) is 0 Å². The van der Waals surface area contributed by atoms with Gasteiger partial charge in [-0.3, -0.25) is 4.79 Å². The van der Waals surface area contributed by atoms with Gasteiger partial charge in [0.15, 0.2) is 11.4 Å². The van der Waals surface area contributed by atoms with Gasteiger partial charge in [-0.25, -0.2) is 4.79 Å². The number of hydrogen-bond acceptors (Lipinski definition) is 3. The molecule has 0 radical (unpaired) electrons. The van der Waals surface area contributed by atoms with Crippen molar-refractivity contribution in [3.05, 3.63) is 63.3 Å². The molecule has 7 heteroatoms. The molecule has 23 heavy (non-hydrogen) atoms. The third-order valence-electron chi connectivity index (χ3n) is 3.53.